The maximum atomic E-state index is 13.8. The first-order chi connectivity index (χ1) is 12.7. The number of aliphatic hydroxyl groups excluding tert-OH is 1. The molecule has 4 rings (SSSR count). The van der Waals surface area contributed by atoms with Crippen LogP contribution < -0.4 is 9.47 Å². The lowest BCUT2D eigenvalue weighted by Crippen LogP contribution is -2.47. The van der Waals surface area contributed by atoms with Crippen molar-refractivity contribution in [2.75, 3.05) is 39.5 Å². The van der Waals surface area contributed by atoms with Gasteiger partial charge in [-0.05, 0) is 23.8 Å². The van der Waals surface area contributed by atoms with Gasteiger partial charge in [-0.25, -0.2) is 4.39 Å². The van der Waals surface area contributed by atoms with Crippen LogP contribution in [0.3, 0.4) is 0 Å². The van der Waals surface area contributed by atoms with E-state index in [1.54, 1.807) is 18.2 Å². The average Bonchev–Trinajstić information content (AvgIpc) is 3.11. The summed E-state index contributed by atoms with van der Waals surface area (Å²) < 4.78 is 24.6. The lowest BCUT2D eigenvalue weighted by molar-refractivity contribution is 0.0685. The molecule has 1 unspecified atom stereocenters. The minimum absolute atomic E-state index is 0.293. The number of hydrogen-bond donors (Lipinski definition) is 1. The van der Waals surface area contributed by atoms with Crippen molar-refractivity contribution in [1.82, 2.24) is 9.80 Å². The van der Waals surface area contributed by atoms with Gasteiger partial charge in [0.05, 0.1) is 6.10 Å². The molecule has 2 aromatic carbocycles. The Morgan fingerprint density at radius 1 is 0.962 bits per heavy atom. The third-order valence-corrected chi connectivity index (χ3v) is 5.00. The Bertz CT molecular complexity index is 762. The van der Waals surface area contributed by atoms with E-state index >= 15 is 0 Å². The van der Waals surface area contributed by atoms with Crippen LogP contribution in [0.4, 0.5) is 4.39 Å². The molecule has 0 aromatic heterocycles. The third kappa shape index (κ3) is 3.82. The van der Waals surface area contributed by atoms with Crippen molar-refractivity contribution in [2.45, 2.75) is 12.6 Å². The standard InChI is InChI=1S/C20H23FN2O3/c21-17-4-2-1-3-16(17)18(24)13-23-9-7-22(8-10-23)12-15-5-6-19-20(11-15)26-14-25-19/h1-6,11,18,24H,7-10,12-14H2. The molecule has 1 N–H and O–H groups in total. The predicted octanol–water partition coefficient (Wildman–Crippen LogP) is 2.41. The van der Waals surface area contributed by atoms with Gasteiger partial charge in [0, 0.05) is 44.8 Å². The number of fused-ring (bicyclic) bond motifs is 1. The number of β-amino-alcohol motifs (C(OH)–C–C–N with tert-alkyl or cyclic N) is 1. The van der Waals surface area contributed by atoms with Gasteiger partial charge >= 0.3 is 0 Å². The maximum Gasteiger partial charge on any atom is 0.231 e. The summed E-state index contributed by atoms with van der Waals surface area (Å²) in [7, 11) is 0. The van der Waals surface area contributed by atoms with E-state index in [0.717, 1.165) is 44.2 Å². The fraction of sp³-hybridized carbons (Fsp3) is 0.400. The van der Waals surface area contributed by atoms with Crippen molar-refractivity contribution in [1.29, 1.82) is 0 Å². The van der Waals surface area contributed by atoms with E-state index in [2.05, 4.69) is 15.9 Å². The molecule has 26 heavy (non-hydrogen) atoms. The Morgan fingerprint density at radius 2 is 1.69 bits per heavy atom. The first-order valence-electron chi connectivity index (χ1n) is 8.95. The number of ether oxygens (including phenoxy) is 2. The molecule has 0 saturated carbocycles. The smallest absolute Gasteiger partial charge is 0.231 e. The number of nitrogens with zero attached hydrogens (tertiary/aromatic N) is 2. The van der Waals surface area contributed by atoms with Gasteiger partial charge in [0.1, 0.15) is 5.82 Å². The number of hydrogen-bond acceptors (Lipinski definition) is 5. The van der Waals surface area contributed by atoms with Crippen LogP contribution in [0.2, 0.25) is 0 Å². The second-order valence-corrected chi connectivity index (χ2v) is 6.80. The normalized spacial score (nSPS) is 18.8. The molecule has 5 nitrogen and oxygen atoms in total. The highest BCUT2D eigenvalue weighted by molar-refractivity contribution is 5.44. The predicted molar refractivity (Wildman–Crippen MR) is 95.6 cm³/mol. The van der Waals surface area contributed by atoms with Crippen molar-refractivity contribution in [3.05, 3.63) is 59.4 Å². The summed E-state index contributed by atoms with van der Waals surface area (Å²) in [5, 5.41) is 10.3. The summed E-state index contributed by atoms with van der Waals surface area (Å²) >= 11 is 0. The van der Waals surface area contributed by atoms with Gasteiger partial charge in [-0.2, -0.15) is 0 Å². The minimum atomic E-state index is -0.795. The number of piperazine rings is 1. The Morgan fingerprint density at radius 3 is 2.50 bits per heavy atom. The fourth-order valence-corrected chi connectivity index (χ4v) is 3.52. The van der Waals surface area contributed by atoms with E-state index in [1.165, 1.54) is 11.6 Å². The molecule has 2 heterocycles. The van der Waals surface area contributed by atoms with E-state index in [1.807, 2.05) is 12.1 Å². The average molecular weight is 358 g/mol. The molecule has 2 aliphatic heterocycles. The number of benzene rings is 2. The maximum absolute atomic E-state index is 13.8. The largest absolute Gasteiger partial charge is 0.454 e. The first kappa shape index (κ1) is 17.3. The van der Waals surface area contributed by atoms with Crippen LogP contribution in [-0.4, -0.2) is 54.4 Å². The molecule has 6 heteroatoms. The molecule has 2 aromatic rings. The molecular formula is C20H23FN2O3. The molecule has 1 fully saturated rings. The highest BCUT2D eigenvalue weighted by Crippen LogP contribution is 2.32. The van der Waals surface area contributed by atoms with Crippen molar-refractivity contribution < 1.29 is 19.0 Å². The summed E-state index contributed by atoms with van der Waals surface area (Å²) in [6.07, 6.45) is -0.795. The fourth-order valence-electron chi connectivity index (χ4n) is 3.52. The molecule has 1 saturated heterocycles. The number of halogens is 1. The second kappa shape index (κ2) is 7.61. The van der Waals surface area contributed by atoms with Gasteiger partial charge in [0.15, 0.2) is 11.5 Å². The molecule has 0 spiro atoms. The Labute approximate surface area is 152 Å². The monoisotopic (exact) mass is 358 g/mol. The lowest BCUT2D eigenvalue weighted by atomic mass is 10.1. The van der Waals surface area contributed by atoms with Crippen LogP contribution >= 0.6 is 0 Å². The zero-order valence-electron chi connectivity index (χ0n) is 14.6. The van der Waals surface area contributed by atoms with Crippen LogP contribution in [0.25, 0.3) is 0 Å². The van der Waals surface area contributed by atoms with Gasteiger partial charge in [0.2, 0.25) is 6.79 Å². The van der Waals surface area contributed by atoms with Crippen molar-refractivity contribution in [3.8, 4) is 11.5 Å². The topological polar surface area (TPSA) is 45.2 Å². The van der Waals surface area contributed by atoms with E-state index in [-0.39, 0.29) is 5.82 Å². The first-order valence-corrected chi connectivity index (χ1v) is 8.95. The molecule has 138 valence electrons. The van der Waals surface area contributed by atoms with Gasteiger partial charge in [-0.3, -0.25) is 9.80 Å². The quantitative estimate of drug-likeness (QED) is 0.889. The summed E-state index contributed by atoms with van der Waals surface area (Å²) in [5.74, 6) is 1.27. The van der Waals surface area contributed by atoms with Crippen molar-refractivity contribution in [3.63, 3.8) is 0 Å². The van der Waals surface area contributed by atoms with E-state index < -0.39 is 6.10 Å². The van der Waals surface area contributed by atoms with Gasteiger partial charge < -0.3 is 14.6 Å². The third-order valence-electron chi connectivity index (χ3n) is 5.00. The molecular weight excluding hydrogens is 335 g/mol. The summed E-state index contributed by atoms with van der Waals surface area (Å²) in [6.45, 7) is 5.16. The molecule has 2 aliphatic rings. The van der Waals surface area contributed by atoms with Crippen LogP contribution in [0.5, 0.6) is 11.5 Å². The zero-order valence-corrected chi connectivity index (χ0v) is 14.6. The van der Waals surface area contributed by atoms with Crippen LogP contribution in [0.1, 0.15) is 17.2 Å². The molecule has 0 bridgehead atoms. The number of rotatable bonds is 5. The summed E-state index contributed by atoms with van der Waals surface area (Å²) in [4.78, 5) is 4.57. The Kier molecular flexibility index (Phi) is 5.06. The second-order valence-electron chi connectivity index (χ2n) is 6.80. The van der Waals surface area contributed by atoms with Crippen LogP contribution in [0.15, 0.2) is 42.5 Å². The molecule has 0 aliphatic carbocycles. The highest BCUT2D eigenvalue weighted by Gasteiger charge is 2.22. The molecule has 1 atom stereocenters. The van der Waals surface area contributed by atoms with E-state index in [4.69, 9.17) is 9.47 Å². The SMILES string of the molecule is OC(CN1CCN(Cc2ccc3c(c2)OCO3)CC1)c1ccccc1F. The molecule has 0 radical (unpaired) electrons. The zero-order chi connectivity index (χ0) is 17.9. The number of aliphatic hydroxyl groups is 1. The van der Waals surface area contributed by atoms with Crippen LogP contribution in [0, 0.1) is 5.82 Å². The molecule has 0 amide bonds. The van der Waals surface area contributed by atoms with E-state index in [0.29, 0.717) is 18.9 Å². The Balaban J connectivity index is 1.28. The van der Waals surface area contributed by atoms with E-state index in [9.17, 15) is 9.50 Å². The van der Waals surface area contributed by atoms with Gasteiger partial charge in [-0.15, -0.1) is 0 Å². The summed E-state index contributed by atoms with van der Waals surface area (Å²) in [6, 6.07) is 12.5. The van der Waals surface area contributed by atoms with Crippen molar-refractivity contribution in [2.24, 2.45) is 0 Å². The van der Waals surface area contributed by atoms with Crippen molar-refractivity contribution >= 4 is 0 Å². The van der Waals surface area contributed by atoms with Crippen LogP contribution in [-0.2, 0) is 6.54 Å². The Hall–Kier alpha value is -2.15. The van der Waals surface area contributed by atoms with Gasteiger partial charge in [0.25, 0.3) is 0 Å². The van der Waals surface area contributed by atoms with Gasteiger partial charge in [-0.1, -0.05) is 24.3 Å². The summed E-state index contributed by atoms with van der Waals surface area (Å²) in [5.41, 5.74) is 1.57. The lowest BCUT2D eigenvalue weighted by Gasteiger charge is -2.35. The minimum Gasteiger partial charge on any atom is -0.454 e. The highest BCUT2D eigenvalue weighted by atomic mass is 19.1.